The Kier molecular flexibility index (Phi) is 12.5. The van der Waals surface area contributed by atoms with Gasteiger partial charge in [0.2, 0.25) is 0 Å². The highest BCUT2D eigenvalue weighted by Gasteiger charge is 2.30. The molecule has 1 aromatic carbocycles. The van der Waals surface area contributed by atoms with Crippen molar-refractivity contribution in [1.82, 2.24) is 0 Å². The minimum atomic E-state index is 0.737. The summed E-state index contributed by atoms with van der Waals surface area (Å²) < 4.78 is 6.04. The summed E-state index contributed by atoms with van der Waals surface area (Å²) in [6, 6.07) is 9.31. The molecule has 1 saturated carbocycles. The minimum absolute atomic E-state index is 0.737. The maximum absolute atomic E-state index is 6.04. The van der Waals surface area contributed by atoms with Gasteiger partial charge in [0.05, 0.1) is 6.61 Å². The summed E-state index contributed by atoms with van der Waals surface area (Å²) in [5, 5.41) is 0. The maximum Gasteiger partial charge on any atom is 0.119 e. The Bertz CT molecular complexity index is 637. The molecule has 2 unspecified atom stereocenters. The quantitative estimate of drug-likeness (QED) is 0.190. The Labute approximate surface area is 205 Å². The first-order valence-corrected chi connectivity index (χ1v) is 14.7. The lowest BCUT2D eigenvalue weighted by Crippen LogP contribution is -2.23. The minimum Gasteiger partial charge on any atom is -0.494 e. The van der Waals surface area contributed by atoms with Crippen LogP contribution in [0.15, 0.2) is 36.4 Å². The molecule has 2 aliphatic carbocycles. The fourth-order valence-electron chi connectivity index (χ4n) is 6.30. The largest absolute Gasteiger partial charge is 0.494 e. The lowest BCUT2D eigenvalue weighted by Gasteiger charge is -2.36. The molecule has 0 saturated heterocycles. The van der Waals surface area contributed by atoms with Crippen LogP contribution >= 0.6 is 0 Å². The Morgan fingerprint density at radius 1 is 0.758 bits per heavy atom. The summed E-state index contributed by atoms with van der Waals surface area (Å²) in [4.78, 5) is 0. The van der Waals surface area contributed by atoms with E-state index in [0.29, 0.717) is 0 Å². The molecule has 0 heterocycles. The van der Waals surface area contributed by atoms with Gasteiger partial charge in [-0.25, -0.2) is 0 Å². The summed E-state index contributed by atoms with van der Waals surface area (Å²) in [5.41, 5.74) is 1.58. The van der Waals surface area contributed by atoms with Gasteiger partial charge in [0.25, 0.3) is 0 Å². The van der Waals surface area contributed by atoms with Crippen molar-refractivity contribution in [3.63, 3.8) is 0 Å². The van der Waals surface area contributed by atoms with Crippen molar-refractivity contribution in [2.75, 3.05) is 6.61 Å². The highest BCUT2D eigenvalue weighted by atomic mass is 16.5. The normalized spacial score (nSPS) is 24.0. The molecule has 2 aliphatic rings. The van der Waals surface area contributed by atoms with E-state index < -0.39 is 0 Å². The summed E-state index contributed by atoms with van der Waals surface area (Å²) >= 11 is 0. The van der Waals surface area contributed by atoms with Gasteiger partial charge < -0.3 is 4.74 Å². The fraction of sp³-hybridized carbons (Fsp3) is 0.750. The molecule has 0 bridgehead atoms. The lowest BCUT2D eigenvalue weighted by atomic mass is 9.69. The number of allylic oxidation sites excluding steroid dienone is 2. The standard InChI is InChI=1S/C32H52O/c1-3-5-7-10-14-27-17-19-29(20-18-27)32(26-28-15-11-9-12-16-28)30-21-23-31(24-22-30)33-25-13-8-6-4-2/h9,11,21-24,27-29,32H,3-8,10,12-20,25-26H2,1-2H3. The lowest BCUT2D eigenvalue weighted by molar-refractivity contribution is 0.209. The van der Waals surface area contributed by atoms with Crippen molar-refractivity contribution < 1.29 is 4.74 Å². The molecule has 33 heavy (non-hydrogen) atoms. The smallest absolute Gasteiger partial charge is 0.119 e. The van der Waals surface area contributed by atoms with Crippen LogP contribution in [0, 0.1) is 17.8 Å². The Morgan fingerprint density at radius 2 is 1.48 bits per heavy atom. The highest BCUT2D eigenvalue weighted by molar-refractivity contribution is 5.30. The molecule has 1 nitrogen and oxygen atoms in total. The fourth-order valence-corrected chi connectivity index (χ4v) is 6.30. The van der Waals surface area contributed by atoms with E-state index in [-0.39, 0.29) is 0 Å². The van der Waals surface area contributed by atoms with Crippen molar-refractivity contribution in [2.24, 2.45) is 17.8 Å². The van der Waals surface area contributed by atoms with Crippen molar-refractivity contribution in [2.45, 2.75) is 129 Å². The van der Waals surface area contributed by atoms with Gasteiger partial charge in [0, 0.05) is 0 Å². The molecule has 0 aromatic heterocycles. The first kappa shape index (κ1) is 26.4. The maximum atomic E-state index is 6.04. The van der Waals surface area contributed by atoms with E-state index in [1.807, 2.05) is 0 Å². The van der Waals surface area contributed by atoms with Gasteiger partial charge in [0.1, 0.15) is 5.75 Å². The number of ether oxygens (including phenoxy) is 1. The first-order chi connectivity index (χ1) is 16.3. The zero-order valence-electron chi connectivity index (χ0n) is 21.9. The molecule has 3 rings (SSSR count). The number of hydrogen-bond donors (Lipinski definition) is 0. The van der Waals surface area contributed by atoms with Crippen LogP contribution in [0.1, 0.15) is 134 Å². The Morgan fingerprint density at radius 3 is 2.15 bits per heavy atom. The number of benzene rings is 1. The topological polar surface area (TPSA) is 9.23 Å². The van der Waals surface area contributed by atoms with Gasteiger partial charge in [-0.05, 0) is 86.3 Å². The molecule has 0 radical (unpaired) electrons. The van der Waals surface area contributed by atoms with E-state index in [0.717, 1.165) is 36.0 Å². The molecule has 0 N–H and O–H groups in total. The van der Waals surface area contributed by atoms with Gasteiger partial charge in [-0.15, -0.1) is 0 Å². The number of hydrogen-bond acceptors (Lipinski definition) is 1. The van der Waals surface area contributed by atoms with Crippen LogP contribution < -0.4 is 4.74 Å². The van der Waals surface area contributed by atoms with E-state index in [2.05, 4.69) is 50.3 Å². The molecule has 0 spiro atoms. The SMILES string of the molecule is CCCCCCOc1ccc(C(CC2CC=CCC2)C2CCC(CCCCCC)CC2)cc1. The summed E-state index contributed by atoms with van der Waals surface area (Å²) in [6.45, 7) is 5.44. The summed E-state index contributed by atoms with van der Waals surface area (Å²) in [7, 11) is 0. The van der Waals surface area contributed by atoms with E-state index in [9.17, 15) is 0 Å². The molecule has 1 heteroatoms. The van der Waals surface area contributed by atoms with Crippen molar-refractivity contribution in [3.05, 3.63) is 42.0 Å². The molecule has 1 fully saturated rings. The second-order valence-electron chi connectivity index (χ2n) is 11.1. The van der Waals surface area contributed by atoms with Gasteiger partial charge in [-0.1, -0.05) is 102 Å². The van der Waals surface area contributed by atoms with Crippen LogP contribution in [-0.4, -0.2) is 6.61 Å². The molecule has 1 aromatic rings. The molecular weight excluding hydrogens is 400 g/mol. The highest BCUT2D eigenvalue weighted by Crippen LogP contribution is 2.44. The first-order valence-electron chi connectivity index (χ1n) is 14.7. The van der Waals surface area contributed by atoms with E-state index >= 15 is 0 Å². The molecule has 0 aliphatic heterocycles. The predicted octanol–water partition coefficient (Wildman–Crippen LogP) is 10.3. The average molecular weight is 453 g/mol. The van der Waals surface area contributed by atoms with Crippen molar-refractivity contribution >= 4 is 0 Å². The Balaban J connectivity index is 1.55. The monoisotopic (exact) mass is 452 g/mol. The zero-order valence-corrected chi connectivity index (χ0v) is 21.9. The van der Waals surface area contributed by atoms with Gasteiger partial charge >= 0.3 is 0 Å². The zero-order chi connectivity index (χ0) is 23.1. The summed E-state index contributed by atoms with van der Waals surface area (Å²) in [5.74, 6) is 4.55. The second-order valence-corrected chi connectivity index (χ2v) is 11.1. The van der Waals surface area contributed by atoms with Crippen LogP contribution in [0.4, 0.5) is 0 Å². The third-order valence-corrected chi connectivity index (χ3v) is 8.47. The second kappa shape index (κ2) is 15.6. The molecule has 0 amide bonds. The van der Waals surface area contributed by atoms with Crippen molar-refractivity contribution in [1.29, 1.82) is 0 Å². The number of rotatable bonds is 15. The third kappa shape index (κ3) is 9.50. The van der Waals surface area contributed by atoms with E-state index in [4.69, 9.17) is 4.74 Å². The summed E-state index contributed by atoms with van der Waals surface area (Å²) in [6.07, 6.45) is 28.2. The molecular formula is C32H52O. The van der Waals surface area contributed by atoms with E-state index in [1.165, 1.54) is 109 Å². The number of unbranched alkanes of at least 4 members (excludes halogenated alkanes) is 6. The Hall–Kier alpha value is -1.24. The molecule has 186 valence electrons. The van der Waals surface area contributed by atoms with Crippen LogP contribution in [0.25, 0.3) is 0 Å². The van der Waals surface area contributed by atoms with Crippen LogP contribution in [0.5, 0.6) is 5.75 Å². The van der Waals surface area contributed by atoms with Crippen LogP contribution in [0.2, 0.25) is 0 Å². The van der Waals surface area contributed by atoms with Crippen molar-refractivity contribution in [3.8, 4) is 5.75 Å². The molecule has 2 atom stereocenters. The average Bonchev–Trinajstić information content (AvgIpc) is 2.87. The predicted molar refractivity (Wildman–Crippen MR) is 144 cm³/mol. The van der Waals surface area contributed by atoms with Gasteiger partial charge in [-0.2, -0.15) is 0 Å². The van der Waals surface area contributed by atoms with Gasteiger partial charge in [0.15, 0.2) is 0 Å². The van der Waals surface area contributed by atoms with Crippen LogP contribution in [-0.2, 0) is 0 Å². The van der Waals surface area contributed by atoms with E-state index in [1.54, 1.807) is 5.56 Å². The third-order valence-electron chi connectivity index (χ3n) is 8.47. The van der Waals surface area contributed by atoms with Gasteiger partial charge in [-0.3, -0.25) is 0 Å². The van der Waals surface area contributed by atoms with Crippen LogP contribution in [0.3, 0.4) is 0 Å².